The molecule has 0 aliphatic heterocycles. The molecule has 114 valence electrons. The van der Waals surface area contributed by atoms with E-state index in [2.05, 4.69) is 0 Å². The monoisotopic (exact) mass is 336 g/mol. The fourth-order valence-corrected chi connectivity index (χ4v) is 3.29. The summed E-state index contributed by atoms with van der Waals surface area (Å²) in [5.41, 5.74) is 2.28. The van der Waals surface area contributed by atoms with Crippen molar-refractivity contribution in [1.29, 1.82) is 0 Å². The molecule has 0 saturated heterocycles. The highest BCUT2D eigenvalue weighted by atomic mass is 35.5. The first-order chi connectivity index (χ1) is 10.6. The van der Waals surface area contributed by atoms with Gasteiger partial charge in [0, 0.05) is 5.56 Å². The first-order valence-electron chi connectivity index (χ1n) is 6.97. The summed E-state index contributed by atoms with van der Waals surface area (Å²) in [5.74, 6) is 0.153. The average Bonchev–Trinajstić information content (AvgIpc) is 2.87. The van der Waals surface area contributed by atoms with Crippen molar-refractivity contribution in [3.63, 3.8) is 0 Å². The Hall–Kier alpha value is -1.55. The molecule has 0 radical (unpaired) electrons. The van der Waals surface area contributed by atoms with Crippen LogP contribution in [-0.2, 0) is 6.42 Å². The molecule has 2 aromatic rings. The summed E-state index contributed by atoms with van der Waals surface area (Å²) in [6, 6.07) is 11.4. The van der Waals surface area contributed by atoms with E-state index in [0.29, 0.717) is 17.7 Å². The number of aliphatic hydroxyl groups is 1. The van der Waals surface area contributed by atoms with Gasteiger partial charge in [0.15, 0.2) is 5.78 Å². The zero-order valence-electron chi connectivity index (χ0n) is 11.7. The van der Waals surface area contributed by atoms with Crippen molar-refractivity contribution in [3.8, 4) is 5.75 Å². The molecule has 5 heteroatoms. The lowest BCUT2D eigenvalue weighted by atomic mass is 9.95. The number of carbonyl (C=O) groups is 1. The highest BCUT2D eigenvalue weighted by Crippen LogP contribution is 2.44. The summed E-state index contributed by atoms with van der Waals surface area (Å²) < 4.78 is 5.39. The van der Waals surface area contributed by atoms with Crippen molar-refractivity contribution in [2.45, 2.75) is 12.3 Å². The lowest BCUT2D eigenvalue weighted by Crippen LogP contribution is -2.07. The van der Waals surface area contributed by atoms with Crippen LogP contribution in [0.15, 0.2) is 36.4 Å². The number of Topliss-reactive ketones (excluding diaryl/α,β-unsaturated/α-hetero) is 1. The number of hydrogen-bond acceptors (Lipinski definition) is 3. The predicted molar refractivity (Wildman–Crippen MR) is 86.3 cm³/mol. The molecule has 2 aromatic carbocycles. The van der Waals surface area contributed by atoms with Gasteiger partial charge in [0.2, 0.25) is 0 Å². The molecule has 0 fully saturated rings. The molecule has 1 N–H and O–H groups in total. The number of carbonyl (C=O) groups excluding carboxylic acids is 1. The summed E-state index contributed by atoms with van der Waals surface area (Å²) in [4.78, 5) is 12.7. The maximum atomic E-state index is 12.7. The summed E-state index contributed by atoms with van der Waals surface area (Å²) in [5, 5.41) is 9.31. The SMILES string of the molecule is O=C1c2c(cc(OCCO)c(Cl)c2Cl)CC1c1ccccc1. The maximum absolute atomic E-state index is 12.7. The van der Waals surface area contributed by atoms with Crippen molar-refractivity contribution in [2.75, 3.05) is 13.2 Å². The summed E-state index contributed by atoms with van der Waals surface area (Å²) in [7, 11) is 0. The molecule has 3 nitrogen and oxygen atoms in total. The van der Waals surface area contributed by atoms with Crippen LogP contribution in [0.4, 0.5) is 0 Å². The lowest BCUT2D eigenvalue weighted by molar-refractivity contribution is 0.0973. The van der Waals surface area contributed by atoms with Crippen LogP contribution in [0.5, 0.6) is 5.75 Å². The molecule has 1 aliphatic rings. The van der Waals surface area contributed by atoms with E-state index in [1.54, 1.807) is 6.07 Å². The van der Waals surface area contributed by atoms with Crippen LogP contribution in [0.2, 0.25) is 10.0 Å². The number of halogens is 2. The standard InChI is InChI=1S/C17H14Cl2O3/c18-15-13(22-7-6-20)9-11-8-12(10-4-2-1-3-5-10)17(21)14(11)16(15)19/h1-5,9,12,20H,6-8H2. The van der Waals surface area contributed by atoms with E-state index in [1.807, 2.05) is 30.3 Å². The Kier molecular flexibility index (Phi) is 4.39. The third-order valence-electron chi connectivity index (χ3n) is 3.79. The van der Waals surface area contributed by atoms with Gasteiger partial charge in [-0.2, -0.15) is 0 Å². The molecular weight excluding hydrogens is 323 g/mol. The van der Waals surface area contributed by atoms with Gasteiger partial charge in [-0.1, -0.05) is 53.5 Å². The molecule has 3 rings (SSSR count). The van der Waals surface area contributed by atoms with Crippen LogP contribution in [-0.4, -0.2) is 24.1 Å². The Balaban J connectivity index is 2.00. The molecule has 0 amide bonds. The first-order valence-corrected chi connectivity index (χ1v) is 7.72. The third kappa shape index (κ3) is 2.60. The molecule has 0 bridgehead atoms. The summed E-state index contributed by atoms with van der Waals surface area (Å²) in [6.45, 7) is 0.0154. The number of fused-ring (bicyclic) bond motifs is 1. The largest absolute Gasteiger partial charge is 0.490 e. The Bertz CT molecular complexity index is 714. The number of aliphatic hydroxyl groups excluding tert-OH is 1. The minimum Gasteiger partial charge on any atom is -0.490 e. The van der Waals surface area contributed by atoms with Gasteiger partial charge in [0.05, 0.1) is 17.5 Å². The van der Waals surface area contributed by atoms with Crippen LogP contribution < -0.4 is 4.74 Å². The van der Waals surface area contributed by atoms with Gasteiger partial charge in [-0.25, -0.2) is 0 Å². The smallest absolute Gasteiger partial charge is 0.172 e. The van der Waals surface area contributed by atoms with Crippen LogP contribution in [0.25, 0.3) is 0 Å². The Morgan fingerprint density at radius 1 is 1.18 bits per heavy atom. The van der Waals surface area contributed by atoms with E-state index in [4.69, 9.17) is 33.0 Å². The summed E-state index contributed by atoms with van der Waals surface area (Å²) in [6.07, 6.45) is 0.574. The number of ether oxygens (including phenoxy) is 1. The van der Waals surface area contributed by atoms with E-state index < -0.39 is 0 Å². The zero-order chi connectivity index (χ0) is 15.7. The summed E-state index contributed by atoms with van der Waals surface area (Å²) >= 11 is 12.5. The highest BCUT2D eigenvalue weighted by Gasteiger charge is 2.35. The Labute approximate surface area is 138 Å². The van der Waals surface area contributed by atoms with Crippen LogP contribution >= 0.6 is 23.2 Å². The van der Waals surface area contributed by atoms with Crippen molar-refractivity contribution < 1.29 is 14.6 Å². The Morgan fingerprint density at radius 2 is 1.91 bits per heavy atom. The van der Waals surface area contributed by atoms with Gasteiger partial charge >= 0.3 is 0 Å². The number of rotatable bonds is 4. The average molecular weight is 337 g/mol. The lowest BCUT2D eigenvalue weighted by Gasteiger charge is -2.10. The number of ketones is 1. The second-order valence-corrected chi connectivity index (χ2v) is 5.90. The fourth-order valence-electron chi connectivity index (χ4n) is 2.78. The van der Waals surface area contributed by atoms with Crippen molar-refractivity contribution in [1.82, 2.24) is 0 Å². The van der Waals surface area contributed by atoms with Gasteiger partial charge in [0.1, 0.15) is 17.4 Å². The van der Waals surface area contributed by atoms with Crippen molar-refractivity contribution in [3.05, 3.63) is 63.1 Å². The second-order valence-electron chi connectivity index (χ2n) is 5.14. The molecule has 0 aromatic heterocycles. The van der Waals surface area contributed by atoms with Crippen molar-refractivity contribution >= 4 is 29.0 Å². The zero-order valence-corrected chi connectivity index (χ0v) is 13.2. The van der Waals surface area contributed by atoms with Gasteiger partial charge in [-0.3, -0.25) is 4.79 Å². The normalized spacial score (nSPS) is 16.7. The van der Waals surface area contributed by atoms with Gasteiger partial charge < -0.3 is 9.84 Å². The minimum absolute atomic E-state index is 0.0122. The molecule has 22 heavy (non-hydrogen) atoms. The van der Waals surface area contributed by atoms with E-state index in [1.165, 1.54) is 0 Å². The molecule has 0 saturated carbocycles. The maximum Gasteiger partial charge on any atom is 0.172 e. The van der Waals surface area contributed by atoms with E-state index in [-0.39, 0.29) is 35.0 Å². The van der Waals surface area contributed by atoms with Crippen LogP contribution in [0.3, 0.4) is 0 Å². The highest BCUT2D eigenvalue weighted by molar-refractivity contribution is 6.45. The topological polar surface area (TPSA) is 46.5 Å². The van der Waals surface area contributed by atoms with Crippen LogP contribution in [0.1, 0.15) is 27.4 Å². The number of benzene rings is 2. The Morgan fingerprint density at radius 3 is 2.59 bits per heavy atom. The predicted octanol–water partition coefficient (Wildman–Crippen LogP) is 3.89. The molecule has 1 atom stereocenters. The van der Waals surface area contributed by atoms with E-state index >= 15 is 0 Å². The third-order valence-corrected chi connectivity index (χ3v) is 4.64. The first kappa shape index (κ1) is 15.3. The van der Waals surface area contributed by atoms with Crippen LogP contribution in [0, 0.1) is 0 Å². The molecular formula is C17H14Cl2O3. The van der Waals surface area contributed by atoms with Crippen molar-refractivity contribution in [2.24, 2.45) is 0 Å². The second kappa shape index (κ2) is 6.29. The fraction of sp³-hybridized carbons (Fsp3) is 0.235. The van der Waals surface area contributed by atoms with E-state index in [9.17, 15) is 4.79 Å². The minimum atomic E-state index is -0.238. The molecule has 1 unspecified atom stereocenters. The molecule has 0 spiro atoms. The number of hydrogen-bond donors (Lipinski definition) is 1. The van der Waals surface area contributed by atoms with Gasteiger partial charge in [-0.15, -0.1) is 0 Å². The van der Waals surface area contributed by atoms with Gasteiger partial charge in [0.25, 0.3) is 0 Å². The van der Waals surface area contributed by atoms with E-state index in [0.717, 1.165) is 11.1 Å². The van der Waals surface area contributed by atoms with Gasteiger partial charge in [-0.05, 0) is 23.6 Å². The molecule has 0 heterocycles. The molecule has 1 aliphatic carbocycles. The quantitative estimate of drug-likeness (QED) is 0.921.